The van der Waals surface area contributed by atoms with Crippen molar-refractivity contribution < 1.29 is 28.6 Å². The molecule has 0 spiro atoms. The minimum absolute atomic E-state index is 0.0415. The summed E-state index contributed by atoms with van der Waals surface area (Å²) in [6.07, 6.45) is 2.03. The largest absolute Gasteiger partial charge is 0.445 e. The van der Waals surface area contributed by atoms with Crippen LogP contribution in [0.4, 0.5) is 4.79 Å². The average Bonchev–Trinajstić information content (AvgIpc) is 3.57. The van der Waals surface area contributed by atoms with E-state index in [0.29, 0.717) is 69.1 Å². The molecular formula is C37H48N6O6. The normalized spacial score (nSPS) is 13.6. The highest BCUT2D eigenvalue weighted by molar-refractivity contribution is 5.91. The summed E-state index contributed by atoms with van der Waals surface area (Å²) in [6.45, 7) is 0.935. The minimum atomic E-state index is -1.25. The van der Waals surface area contributed by atoms with E-state index in [1.807, 2.05) is 72.8 Å². The first-order valence-corrected chi connectivity index (χ1v) is 16.9. The topological polar surface area (TPSA) is 195 Å². The number of ether oxygens (including phenoxy) is 1. The van der Waals surface area contributed by atoms with Gasteiger partial charge in [0.15, 0.2) is 11.7 Å². The zero-order chi connectivity index (χ0) is 34.8. The van der Waals surface area contributed by atoms with E-state index < -0.39 is 42.1 Å². The Bertz CT molecular complexity index is 1550. The number of aliphatic hydroxyl groups excluding tert-OH is 1. The van der Waals surface area contributed by atoms with Crippen molar-refractivity contribution >= 4 is 29.0 Å². The van der Waals surface area contributed by atoms with Gasteiger partial charge < -0.3 is 41.7 Å². The number of oxazole rings is 1. The molecule has 4 atom stereocenters. The first kappa shape index (κ1) is 37.0. The Morgan fingerprint density at radius 2 is 1.31 bits per heavy atom. The molecule has 4 aromatic rings. The number of carbonyl (C=O) groups excluding carboxylic acids is 3. The number of aromatic nitrogens is 1. The van der Waals surface area contributed by atoms with Gasteiger partial charge in [-0.05, 0) is 81.3 Å². The standard InChI is InChI=1S/C37H48N6O6/c38-23-11-9-18-29(33(44)36-42-28-17-7-8-20-32(28)49-36)40-35(46)31(22-21-26-13-3-1-4-14-26)41-34(45)30(19-10-12-24-39)43-37(47)48-25-27-15-5-2-6-16-27/h1-8,13-17,20,29-31,33,44H,9-12,18-19,21-25,38-39H2,(H,40,46)(H,41,45)(H,43,47)/t29-,30-,31-,33-/m0/s1. The lowest BCUT2D eigenvalue weighted by Crippen LogP contribution is -2.55. The first-order chi connectivity index (χ1) is 23.9. The highest BCUT2D eigenvalue weighted by Crippen LogP contribution is 2.24. The fourth-order valence-corrected chi connectivity index (χ4v) is 5.45. The van der Waals surface area contributed by atoms with Crippen molar-refractivity contribution in [2.45, 2.75) is 82.2 Å². The summed E-state index contributed by atoms with van der Waals surface area (Å²) in [5.74, 6) is -0.923. The molecule has 0 saturated carbocycles. The van der Waals surface area contributed by atoms with E-state index in [0.717, 1.165) is 11.1 Å². The number of aliphatic hydroxyl groups is 1. The molecule has 0 aliphatic carbocycles. The number of hydrogen-bond acceptors (Lipinski definition) is 9. The average molecular weight is 673 g/mol. The maximum atomic E-state index is 14.0. The van der Waals surface area contributed by atoms with Crippen LogP contribution in [0.1, 0.15) is 68.1 Å². The number of amides is 3. The van der Waals surface area contributed by atoms with Gasteiger partial charge in [0.05, 0.1) is 6.04 Å². The molecule has 3 amide bonds. The zero-order valence-electron chi connectivity index (χ0n) is 27.8. The molecule has 3 aromatic carbocycles. The third kappa shape index (κ3) is 12.0. The van der Waals surface area contributed by atoms with Crippen LogP contribution in [-0.2, 0) is 27.4 Å². The number of alkyl carbamates (subject to hydrolysis) is 1. The lowest BCUT2D eigenvalue weighted by molar-refractivity contribution is -0.131. The number of carbonyl (C=O) groups is 3. The van der Waals surface area contributed by atoms with Crippen molar-refractivity contribution in [1.29, 1.82) is 0 Å². The molecule has 0 fully saturated rings. The Morgan fingerprint density at radius 3 is 1.98 bits per heavy atom. The third-order valence-electron chi connectivity index (χ3n) is 8.21. The molecule has 262 valence electrons. The van der Waals surface area contributed by atoms with Crippen LogP contribution in [0.2, 0.25) is 0 Å². The van der Waals surface area contributed by atoms with Gasteiger partial charge >= 0.3 is 6.09 Å². The Balaban J connectivity index is 1.50. The van der Waals surface area contributed by atoms with Crippen LogP contribution in [0.5, 0.6) is 0 Å². The van der Waals surface area contributed by atoms with E-state index in [1.54, 1.807) is 12.1 Å². The predicted molar refractivity (Wildman–Crippen MR) is 187 cm³/mol. The monoisotopic (exact) mass is 672 g/mol. The lowest BCUT2D eigenvalue weighted by Gasteiger charge is -2.27. The van der Waals surface area contributed by atoms with Gasteiger partial charge in [-0.2, -0.15) is 0 Å². The van der Waals surface area contributed by atoms with Crippen LogP contribution in [0.3, 0.4) is 0 Å². The van der Waals surface area contributed by atoms with Crippen LogP contribution >= 0.6 is 0 Å². The molecule has 12 heteroatoms. The van der Waals surface area contributed by atoms with Gasteiger partial charge in [0.2, 0.25) is 17.7 Å². The summed E-state index contributed by atoms with van der Waals surface area (Å²) in [4.78, 5) is 44.9. The molecule has 0 unspecified atom stereocenters. The molecule has 1 heterocycles. The fourth-order valence-electron chi connectivity index (χ4n) is 5.45. The van der Waals surface area contributed by atoms with E-state index in [9.17, 15) is 19.5 Å². The van der Waals surface area contributed by atoms with E-state index >= 15 is 0 Å². The van der Waals surface area contributed by atoms with Gasteiger partial charge in [0.25, 0.3) is 0 Å². The quantitative estimate of drug-likeness (QED) is 0.0752. The Labute approximate surface area is 287 Å². The predicted octanol–water partition coefficient (Wildman–Crippen LogP) is 4.02. The molecule has 0 bridgehead atoms. The number of para-hydroxylation sites is 2. The highest BCUT2D eigenvalue weighted by Gasteiger charge is 2.32. The molecule has 0 aliphatic heterocycles. The number of fused-ring (bicyclic) bond motifs is 1. The second-order valence-corrected chi connectivity index (χ2v) is 12.0. The molecular weight excluding hydrogens is 624 g/mol. The van der Waals surface area contributed by atoms with Gasteiger partial charge in [-0.1, -0.05) is 79.2 Å². The maximum absolute atomic E-state index is 14.0. The van der Waals surface area contributed by atoms with Crippen LogP contribution in [0.15, 0.2) is 89.3 Å². The number of rotatable bonds is 20. The van der Waals surface area contributed by atoms with Crippen molar-refractivity contribution in [3.63, 3.8) is 0 Å². The fraction of sp³-hybridized carbons (Fsp3) is 0.405. The summed E-state index contributed by atoms with van der Waals surface area (Å²) in [5.41, 5.74) is 14.3. The summed E-state index contributed by atoms with van der Waals surface area (Å²) >= 11 is 0. The molecule has 49 heavy (non-hydrogen) atoms. The van der Waals surface area contributed by atoms with Crippen LogP contribution in [0.25, 0.3) is 11.1 Å². The molecule has 12 nitrogen and oxygen atoms in total. The summed E-state index contributed by atoms with van der Waals surface area (Å²) in [7, 11) is 0. The SMILES string of the molecule is NCCCC[C@H](NC(=O)OCc1ccccc1)C(=O)N[C@@H](CCc1ccccc1)C(=O)N[C@@H](CCCCN)[C@H](O)c1nc2ccccc2o1. The zero-order valence-corrected chi connectivity index (χ0v) is 27.8. The maximum Gasteiger partial charge on any atom is 0.408 e. The molecule has 0 aliphatic rings. The molecule has 0 radical (unpaired) electrons. The number of unbranched alkanes of at least 4 members (excludes halogenated alkanes) is 2. The van der Waals surface area contributed by atoms with Crippen LogP contribution < -0.4 is 27.4 Å². The number of nitrogens with zero attached hydrogens (tertiary/aromatic N) is 1. The minimum Gasteiger partial charge on any atom is -0.445 e. The van der Waals surface area contributed by atoms with Gasteiger partial charge in [0.1, 0.15) is 24.2 Å². The van der Waals surface area contributed by atoms with E-state index in [-0.39, 0.29) is 18.9 Å². The van der Waals surface area contributed by atoms with Crippen molar-refractivity contribution in [1.82, 2.24) is 20.9 Å². The van der Waals surface area contributed by atoms with E-state index in [1.165, 1.54) is 0 Å². The Morgan fingerprint density at radius 1 is 0.714 bits per heavy atom. The van der Waals surface area contributed by atoms with Gasteiger partial charge in [-0.3, -0.25) is 9.59 Å². The number of aryl methyl sites for hydroxylation is 1. The number of hydrogen-bond donors (Lipinski definition) is 6. The van der Waals surface area contributed by atoms with Crippen molar-refractivity contribution in [3.05, 3.63) is 102 Å². The van der Waals surface area contributed by atoms with Gasteiger partial charge in [-0.15, -0.1) is 0 Å². The van der Waals surface area contributed by atoms with Gasteiger partial charge in [-0.25, -0.2) is 9.78 Å². The van der Waals surface area contributed by atoms with Crippen LogP contribution in [0, 0.1) is 0 Å². The smallest absolute Gasteiger partial charge is 0.408 e. The second kappa shape index (κ2) is 19.9. The first-order valence-electron chi connectivity index (χ1n) is 16.9. The summed E-state index contributed by atoms with van der Waals surface area (Å²) in [5, 5.41) is 19.9. The van der Waals surface area contributed by atoms with Crippen molar-refractivity contribution in [2.75, 3.05) is 13.1 Å². The molecule has 8 N–H and O–H groups in total. The summed E-state index contributed by atoms with van der Waals surface area (Å²) < 4.78 is 11.2. The second-order valence-electron chi connectivity index (χ2n) is 12.0. The van der Waals surface area contributed by atoms with E-state index in [4.69, 9.17) is 20.6 Å². The van der Waals surface area contributed by atoms with E-state index in [2.05, 4.69) is 20.9 Å². The number of nitrogens with two attached hydrogens (primary N) is 2. The molecule has 1 aromatic heterocycles. The lowest BCUT2D eigenvalue weighted by atomic mass is 10.0. The molecule has 4 rings (SSSR count). The van der Waals surface area contributed by atoms with Crippen molar-refractivity contribution in [3.8, 4) is 0 Å². The van der Waals surface area contributed by atoms with Crippen molar-refractivity contribution in [2.24, 2.45) is 11.5 Å². The number of benzene rings is 3. The van der Waals surface area contributed by atoms with Crippen LogP contribution in [-0.4, -0.2) is 59.2 Å². The Kier molecular flexibility index (Phi) is 15.0. The third-order valence-corrected chi connectivity index (χ3v) is 8.21. The highest BCUT2D eigenvalue weighted by atomic mass is 16.5. The molecule has 0 saturated heterocycles. The number of nitrogens with one attached hydrogen (secondary N) is 3. The van der Waals surface area contributed by atoms with Gasteiger partial charge in [0, 0.05) is 0 Å². The Hall–Kier alpha value is -4.78. The summed E-state index contributed by atoms with van der Waals surface area (Å²) in [6, 6.07) is 23.3.